The minimum Gasteiger partial charge on any atom is -0.394 e. The molecule has 4 N–H and O–H groups in total. The summed E-state index contributed by atoms with van der Waals surface area (Å²) in [5.41, 5.74) is 6.39. The van der Waals surface area contributed by atoms with Crippen molar-refractivity contribution in [2.75, 3.05) is 6.61 Å². The van der Waals surface area contributed by atoms with Gasteiger partial charge in [0.25, 0.3) is 0 Å². The topological polar surface area (TPSA) is 75.4 Å². The molecule has 0 bridgehead atoms. The third kappa shape index (κ3) is 3.38. The number of aliphatic hydroxyl groups is 1. The molecule has 1 aromatic rings. The number of amides is 1. The van der Waals surface area contributed by atoms with Gasteiger partial charge in [-0.3, -0.25) is 4.79 Å². The van der Waals surface area contributed by atoms with Gasteiger partial charge in [0.2, 0.25) is 5.91 Å². The molecule has 1 aromatic carbocycles. The summed E-state index contributed by atoms with van der Waals surface area (Å²) < 4.78 is 0. The molecule has 110 valence electrons. The average molecular weight is 276 g/mol. The second kappa shape index (κ2) is 6.37. The lowest BCUT2D eigenvalue weighted by atomic mass is 9.76. The Morgan fingerprint density at radius 2 is 2.20 bits per heavy atom. The standard InChI is InChI=1S/C16H24N2O2/c1-12-6-5-9-16(17,10-12)15(20)18-14(11-19)13-7-3-2-4-8-13/h2-4,7-8,12,14,19H,5-6,9-11,17H2,1H3,(H,18,20)/t12?,14-,16?/m0/s1. The van der Waals surface area contributed by atoms with E-state index < -0.39 is 5.54 Å². The second-order valence-corrected chi connectivity index (χ2v) is 5.98. The molecule has 1 amide bonds. The molecule has 0 aliphatic heterocycles. The second-order valence-electron chi connectivity index (χ2n) is 5.98. The molecule has 0 radical (unpaired) electrons. The molecule has 0 aromatic heterocycles. The molecule has 3 atom stereocenters. The van der Waals surface area contributed by atoms with Gasteiger partial charge >= 0.3 is 0 Å². The Morgan fingerprint density at radius 1 is 1.50 bits per heavy atom. The van der Waals surface area contributed by atoms with Crippen LogP contribution in [0, 0.1) is 5.92 Å². The van der Waals surface area contributed by atoms with Crippen LogP contribution in [0.15, 0.2) is 30.3 Å². The molecule has 4 heteroatoms. The highest BCUT2D eigenvalue weighted by atomic mass is 16.3. The van der Waals surface area contributed by atoms with E-state index in [9.17, 15) is 9.90 Å². The smallest absolute Gasteiger partial charge is 0.240 e. The van der Waals surface area contributed by atoms with Crippen molar-refractivity contribution in [2.45, 2.75) is 44.2 Å². The summed E-state index contributed by atoms with van der Waals surface area (Å²) in [4.78, 5) is 12.5. The molecule has 4 nitrogen and oxygen atoms in total. The minimum absolute atomic E-state index is 0.124. The van der Waals surface area contributed by atoms with Crippen molar-refractivity contribution in [3.8, 4) is 0 Å². The van der Waals surface area contributed by atoms with Gasteiger partial charge in [-0.1, -0.05) is 50.1 Å². The lowest BCUT2D eigenvalue weighted by molar-refractivity contribution is -0.129. The van der Waals surface area contributed by atoms with E-state index in [1.54, 1.807) is 0 Å². The third-order valence-electron chi connectivity index (χ3n) is 4.17. The van der Waals surface area contributed by atoms with Crippen molar-refractivity contribution < 1.29 is 9.90 Å². The van der Waals surface area contributed by atoms with E-state index in [4.69, 9.17) is 5.73 Å². The van der Waals surface area contributed by atoms with Gasteiger partial charge in [-0.05, 0) is 24.3 Å². The van der Waals surface area contributed by atoms with Crippen LogP contribution in [0.3, 0.4) is 0 Å². The molecule has 2 rings (SSSR count). The predicted octanol–water partition coefficient (Wildman–Crippen LogP) is 1.74. The largest absolute Gasteiger partial charge is 0.394 e. The van der Waals surface area contributed by atoms with E-state index in [0.29, 0.717) is 12.3 Å². The highest BCUT2D eigenvalue weighted by molar-refractivity contribution is 5.86. The maximum absolute atomic E-state index is 12.5. The van der Waals surface area contributed by atoms with Gasteiger partial charge in [-0.15, -0.1) is 0 Å². The number of hydrogen-bond acceptors (Lipinski definition) is 3. The lowest BCUT2D eigenvalue weighted by Crippen LogP contribution is -2.57. The first-order valence-corrected chi connectivity index (χ1v) is 7.31. The third-order valence-corrected chi connectivity index (χ3v) is 4.17. The van der Waals surface area contributed by atoms with Crippen LogP contribution < -0.4 is 11.1 Å². The van der Waals surface area contributed by atoms with Gasteiger partial charge in [-0.2, -0.15) is 0 Å². The fourth-order valence-corrected chi connectivity index (χ4v) is 3.02. The van der Waals surface area contributed by atoms with E-state index in [1.807, 2.05) is 30.3 Å². The summed E-state index contributed by atoms with van der Waals surface area (Å²) >= 11 is 0. The Bertz CT molecular complexity index is 449. The lowest BCUT2D eigenvalue weighted by Gasteiger charge is -2.36. The molecule has 1 aliphatic carbocycles. The maximum Gasteiger partial charge on any atom is 0.240 e. The number of nitrogens with two attached hydrogens (primary N) is 1. The Labute approximate surface area is 120 Å². The Morgan fingerprint density at radius 3 is 2.80 bits per heavy atom. The Hall–Kier alpha value is -1.39. The SMILES string of the molecule is CC1CCCC(N)(C(=O)N[C@@H](CO)c2ccccc2)C1. The van der Waals surface area contributed by atoms with Crippen LogP contribution in [0.1, 0.15) is 44.2 Å². The van der Waals surface area contributed by atoms with Gasteiger partial charge in [0, 0.05) is 0 Å². The average Bonchev–Trinajstić information content (AvgIpc) is 2.45. The number of benzene rings is 1. The number of rotatable bonds is 4. The van der Waals surface area contributed by atoms with E-state index in [1.165, 1.54) is 0 Å². The van der Waals surface area contributed by atoms with Gasteiger partial charge in [0.1, 0.15) is 0 Å². The van der Waals surface area contributed by atoms with Gasteiger partial charge in [0.15, 0.2) is 0 Å². The number of aliphatic hydroxyl groups excluding tert-OH is 1. The van der Waals surface area contributed by atoms with Crippen molar-refractivity contribution in [1.29, 1.82) is 0 Å². The Kier molecular flexibility index (Phi) is 4.78. The van der Waals surface area contributed by atoms with E-state index >= 15 is 0 Å². The molecule has 20 heavy (non-hydrogen) atoms. The van der Waals surface area contributed by atoms with Crippen LogP contribution in [-0.2, 0) is 4.79 Å². The van der Waals surface area contributed by atoms with Crippen LogP contribution in [-0.4, -0.2) is 23.2 Å². The zero-order chi connectivity index (χ0) is 14.6. The Balaban J connectivity index is 2.06. The molecule has 1 aliphatic rings. The van der Waals surface area contributed by atoms with Gasteiger partial charge < -0.3 is 16.2 Å². The highest BCUT2D eigenvalue weighted by Crippen LogP contribution is 2.31. The summed E-state index contributed by atoms with van der Waals surface area (Å²) in [5, 5.41) is 12.4. The first kappa shape index (κ1) is 15.0. The summed E-state index contributed by atoms with van der Waals surface area (Å²) in [6.07, 6.45) is 3.55. The number of carbonyl (C=O) groups excluding carboxylic acids is 1. The van der Waals surface area contributed by atoms with Crippen LogP contribution in [0.5, 0.6) is 0 Å². The van der Waals surface area contributed by atoms with Crippen LogP contribution in [0.4, 0.5) is 0 Å². The molecule has 0 heterocycles. The fourth-order valence-electron chi connectivity index (χ4n) is 3.02. The van der Waals surface area contributed by atoms with Gasteiger partial charge in [-0.25, -0.2) is 0 Å². The quantitative estimate of drug-likeness (QED) is 0.784. The van der Waals surface area contributed by atoms with Crippen LogP contribution in [0.2, 0.25) is 0 Å². The fraction of sp³-hybridized carbons (Fsp3) is 0.562. The number of carbonyl (C=O) groups is 1. The normalized spacial score (nSPS) is 27.9. The zero-order valence-corrected chi connectivity index (χ0v) is 12.0. The van der Waals surface area contributed by atoms with Crippen molar-refractivity contribution in [3.63, 3.8) is 0 Å². The molecule has 1 saturated carbocycles. The highest BCUT2D eigenvalue weighted by Gasteiger charge is 2.38. The molecular weight excluding hydrogens is 252 g/mol. The van der Waals surface area contributed by atoms with Crippen molar-refractivity contribution in [1.82, 2.24) is 5.32 Å². The minimum atomic E-state index is -0.792. The number of nitrogens with one attached hydrogen (secondary N) is 1. The zero-order valence-electron chi connectivity index (χ0n) is 12.0. The summed E-state index contributed by atoms with van der Waals surface area (Å²) in [6, 6.07) is 9.10. The molecule has 0 saturated heterocycles. The maximum atomic E-state index is 12.5. The van der Waals surface area contributed by atoms with Crippen LogP contribution >= 0.6 is 0 Å². The van der Waals surface area contributed by atoms with Gasteiger partial charge in [0.05, 0.1) is 18.2 Å². The summed E-state index contributed by atoms with van der Waals surface area (Å²) in [6.45, 7) is 2.01. The predicted molar refractivity (Wildman–Crippen MR) is 79.0 cm³/mol. The van der Waals surface area contributed by atoms with Crippen molar-refractivity contribution in [3.05, 3.63) is 35.9 Å². The molecule has 1 fully saturated rings. The van der Waals surface area contributed by atoms with E-state index in [-0.39, 0.29) is 18.6 Å². The number of hydrogen-bond donors (Lipinski definition) is 3. The summed E-state index contributed by atoms with van der Waals surface area (Å²) in [5.74, 6) is 0.329. The molecule has 0 spiro atoms. The van der Waals surface area contributed by atoms with E-state index in [0.717, 1.165) is 24.8 Å². The van der Waals surface area contributed by atoms with Crippen molar-refractivity contribution in [2.24, 2.45) is 11.7 Å². The summed E-state index contributed by atoms with van der Waals surface area (Å²) in [7, 11) is 0. The first-order chi connectivity index (χ1) is 9.55. The van der Waals surface area contributed by atoms with Crippen LogP contribution in [0.25, 0.3) is 0 Å². The monoisotopic (exact) mass is 276 g/mol. The van der Waals surface area contributed by atoms with Crippen molar-refractivity contribution >= 4 is 5.91 Å². The molecular formula is C16H24N2O2. The van der Waals surface area contributed by atoms with E-state index in [2.05, 4.69) is 12.2 Å². The first-order valence-electron chi connectivity index (χ1n) is 7.31. The molecule has 2 unspecified atom stereocenters.